The Morgan fingerprint density at radius 1 is 1.05 bits per heavy atom. The van der Waals surface area contributed by atoms with E-state index in [2.05, 4.69) is 10.0 Å². The van der Waals surface area contributed by atoms with Crippen LogP contribution in [-0.2, 0) is 10.0 Å². The SMILES string of the molecule is CCNCCNS(=O)(=O)c1ccc(C2CCCCC2)cc1. The minimum absolute atomic E-state index is 0.360. The summed E-state index contributed by atoms with van der Waals surface area (Å²) in [6, 6.07) is 7.43. The summed E-state index contributed by atoms with van der Waals surface area (Å²) in [7, 11) is -3.38. The minimum Gasteiger partial charge on any atom is -0.316 e. The Labute approximate surface area is 128 Å². The van der Waals surface area contributed by atoms with Crippen LogP contribution < -0.4 is 10.0 Å². The first-order valence-corrected chi connectivity index (χ1v) is 9.42. The van der Waals surface area contributed by atoms with Gasteiger partial charge in [0.15, 0.2) is 0 Å². The lowest BCUT2D eigenvalue weighted by atomic mass is 9.84. The van der Waals surface area contributed by atoms with E-state index < -0.39 is 10.0 Å². The smallest absolute Gasteiger partial charge is 0.240 e. The Balaban J connectivity index is 1.97. The van der Waals surface area contributed by atoms with Crippen LogP contribution in [0.2, 0.25) is 0 Å². The van der Waals surface area contributed by atoms with Crippen LogP contribution in [0.4, 0.5) is 0 Å². The van der Waals surface area contributed by atoms with Crippen LogP contribution >= 0.6 is 0 Å². The molecule has 1 aromatic carbocycles. The van der Waals surface area contributed by atoms with Gasteiger partial charge in [0.1, 0.15) is 0 Å². The lowest BCUT2D eigenvalue weighted by Gasteiger charge is -2.22. The number of likely N-dealkylation sites (N-methyl/N-ethyl adjacent to an activating group) is 1. The maximum atomic E-state index is 12.1. The van der Waals surface area contributed by atoms with Gasteiger partial charge in [-0.1, -0.05) is 38.3 Å². The van der Waals surface area contributed by atoms with Gasteiger partial charge >= 0.3 is 0 Å². The van der Waals surface area contributed by atoms with Crippen LogP contribution in [0.15, 0.2) is 29.2 Å². The van der Waals surface area contributed by atoms with E-state index in [-0.39, 0.29) is 0 Å². The van der Waals surface area contributed by atoms with Crippen molar-refractivity contribution >= 4 is 10.0 Å². The molecule has 0 unspecified atom stereocenters. The summed E-state index contributed by atoms with van der Waals surface area (Å²) < 4.78 is 26.9. The van der Waals surface area contributed by atoms with E-state index >= 15 is 0 Å². The van der Waals surface area contributed by atoms with Gasteiger partial charge in [0.25, 0.3) is 0 Å². The Morgan fingerprint density at radius 3 is 2.33 bits per heavy atom. The Bertz CT molecular complexity index is 520. The number of hydrogen-bond donors (Lipinski definition) is 2. The van der Waals surface area contributed by atoms with Crippen LogP contribution in [0.3, 0.4) is 0 Å². The van der Waals surface area contributed by atoms with Crippen molar-refractivity contribution in [3.8, 4) is 0 Å². The predicted octanol–water partition coefficient (Wildman–Crippen LogP) is 2.62. The average Bonchev–Trinajstić information content (AvgIpc) is 2.53. The normalized spacial score (nSPS) is 17.0. The third-order valence-electron chi connectivity index (χ3n) is 4.11. The summed E-state index contributed by atoms with van der Waals surface area (Å²) in [4.78, 5) is 0.360. The zero-order valence-electron chi connectivity index (χ0n) is 12.8. The van der Waals surface area contributed by atoms with Crippen molar-refractivity contribution in [3.05, 3.63) is 29.8 Å². The molecule has 1 fully saturated rings. The van der Waals surface area contributed by atoms with Gasteiger partial charge in [0, 0.05) is 13.1 Å². The van der Waals surface area contributed by atoms with E-state index in [0.717, 1.165) is 6.54 Å². The number of nitrogens with one attached hydrogen (secondary N) is 2. The van der Waals surface area contributed by atoms with Crippen molar-refractivity contribution in [1.82, 2.24) is 10.0 Å². The van der Waals surface area contributed by atoms with Crippen LogP contribution in [0.1, 0.15) is 50.5 Å². The topological polar surface area (TPSA) is 58.2 Å². The molecule has 4 nitrogen and oxygen atoms in total. The third-order valence-corrected chi connectivity index (χ3v) is 5.59. The highest BCUT2D eigenvalue weighted by molar-refractivity contribution is 7.89. The fourth-order valence-corrected chi connectivity index (χ4v) is 3.92. The molecule has 0 atom stereocenters. The Morgan fingerprint density at radius 2 is 1.71 bits per heavy atom. The molecule has 0 amide bonds. The first kappa shape index (κ1) is 16.5. The molecule has 2 rings (SSSR count). The van der Waals surface area contributed by atoms with E-state index in [9.17, 15) is 8.42 Å². The monoisotopic (exact) mass is 310 g/mol. The molecule has 0 heterocycles. The summed E-state index contributed by atoms with van der Waals surface area (Å²) >= 11 is 0. The van der Waals surface area contributed by atoms with Crippen LogP contribution in [0, 0.1) is 0 Å². The van der Waals surface area contributed by atoms with Gasteiger partial charge in [-0.25, -0.2) is 13.1 Å². The molecule has 118 valence electrons. The highest BCUT2D eigenvalue weighted by Crippen LogP contribution is 2.32. The maximum absolute atomic E-state index is 12.1. The van der Waals surface area contributed by atoms with Gasteiger partial charge < -0.3 is 5.32 Å². The average molecular weight is 310 g/mol. The second kappa shape index (κ2) is 7.92. The highest BCUT2D eigenvalue weighted by Gasteiger charge is 2.17. The van der Waals surface area contributed by atoms with Gasteiger partial charge in [0.2, 0.25) is 10.0 Å². The fraction of sp³-hybridized carbons (Fsp3) is 0.625. The number of sulfonamides is 1. The second-order valence-electron chi connectivity index (χ2n) is 5.66. The predicted molar refractivity (Wildman–Crippen MR) is 86.0 cm³/mol. The molecule has 1 aromatic rings. The number of benzene rings is 1. The molecular weight excluding hydrogens is 284 g/mol. The van der Waals surface area contributed by atoms with Crippen molar-refractivity contribution in [1.29, 1.82) is 0 Å². The molecule has 2 N–H and O–H groups in total. The standard InChI is InChI=1S/C16H26N2O2S/c1-2-17-12-13-18-21(19,20)16-10-8-15(9-11-16)14-6-4-3-5-7-14/h8-11,14,17-18H,2-7,12-13H2,1H3. The number of rotatable bonds is 7. The molecule has 5 heteroatoms. The molecule has 0 aromatic heterocycles. The second-order valence-corrected chi connectivity index (χ2v) is 7.42. The minimum atomic E-state index is -3.38. The Kier molecular flexibility index (Phi) is 6.21. The molecule has 0 saturated heterocycles. The molecule has 0 spiro atoms. The first-order chi connectivity index (χ1) is 10.1. The van der Waals surface area contributed by atoms with Crippen molar-refractivity contribution in [2.75, 3.05) is 19.6 Å². The molecule has 1 saturated carbocycles. The molecular formula is C16H26N2O2S. The van der Waals surface area contributed by atoms with E-state index in [1.54, 1.807) is 12.1 Å². The summed E-state index contributed by atoms with van der Waals surface area (Å²) in [6.45, 7) is 3.91. The van der Waals surface area contributed by atoms with Crippen LogP contribution in [0.5, 0.6) is 0 Å². The van der Waals surface area contributed by atoms with Crippen molar-refractivity contribution in [2.24, 2.45) is 0 Å². The van der Waals surface area contributed by atoms with Gasteiger partial charge in [0.05, 0.1) is 4.90 Å². The molecule has 0 radical (unpaired) electrons. The van der Waals surface area contributed by atoms with Crippen molar-refractivity contribution < 1.29 is 8.42 Å². The zero-order chi connectivity index (χ0) is 15.1. The van der Waals surface area contributed by atoms with Gasteiger partial charge in [-0.2, -0.15) is 0 Å². The quantitative estimate of drug-likeness (QED) is 0.761. The first-order valence-electron chi connectivity index (χ1n) is 7.94. The molecule has 1 aliphatic carbocycles. The van der Waals surface area contributed by atoms with E-state index in [1.165, 1.54) is 37.7 Å². The highest BCUT2D eigenvalue weighted by atomic mass is 32.2. The molecule has 0 aliphatic heterocycles. The summed E-state index contributed by atoms with van der Waals surface area (Å²) in [5.74, 6) is 0.609. The number of hydrogen-bond acceptors (Lipinski definition) is 3. The molecule has 1 aliphatic rings. The van der Waals surface area contributed by atoms with Gasteiger partial charge in [-0.3, -0.25) is 0 Å². The third kappa shape index (κ3) is 4.80. The zero-order valence-corrected chi connectivity index (χ0v) is 13.6. The van der Waals surface area contributed by atoms with Crippen molar-refractivity contribution in [2.45, 2.75) is 49.8 Å². The Hall–Kier alpha value is -0.910. The summed E-state index contributed by atoms with van der Waals surface area (Å²) in [5, 5.41) is 3.10. The van der Waals surface area contributed by atoms with Crippen LogP contribution in [0.25, 0.3) is 0 Å². The fourth-order valence-electron chi connectivity index (χ4n) is 2.89. The molecule has 21 heavy (non-hydrogen) atoms. The van der Waals surface area contributed by atoms with E-state index in [4.69, 9.17) is 0 Å². The lowest BCUT2D eigenvalue weighted by Crippen LogP contribution is -2.31. The lowest BCUT2D eigenvalue weighted by molar-refractivity contribution is 0.443. The van der Waals surface area contributed by atoms with E-state index in [1.807, 2.05) is 19.1 Å². The maximum Gasteiger partial charge on any atom is 0.240 e. The molecule has 0 bridgehead atoms. The summed E-state index contributed by atoms with van der Waals surface area (Å²) in [6.07, 6.45) is 6.37. The van der Waals surface area contributed by atoms with Crippen molar-refractivity contribution in [3.63, 3.8) is 0 Å². The largest absolute Gasteiger partial charge is 0.316 e. The summed E-state index contributed by atoms with van der Waals surface area (Å²) in [5.41, 5.74) is 1.28. The van der Waals surface area contributed by atoms with Gasteiger partial charge in [-0.15, -0.1) is 0 Å². The van der Waals surface area contributed by atoms with Gasteiger partial charge in [-0.05, 0) is 43.0 Å². The van der Waals surface area contributed by atoms with E-state index in [0.29, 0.717) is 23.9 Å². The van der Waals surface area contributed by atoms with Crippen LogP contribution in [-0.4, -0.2) is 28.1 Å².